The van der Waals surface area contributed by atoms with Crippen LogP contribution in [0.2, 0.25) is 5.02 Å². The van der Waals surface area contributed by atoms with Gasteiger partial charge in [-0.25, -0.2) is 8.78 Å². The Morgan fingerprint density at radius 3 is 1.76 bits per heavy atom. The van der Waals surface area contributed by atoms with Gasteiger partial charge in [-0.3, -0.25) is 0 Å². The lowest BCUT2D eigenvalue weighted by molar-refractivity contribution is -0.314. The summed E-state index contributed by atoms with van der Waals surface area (Å²) in [6, 6.07) is 6.95. The first-order valence-corrected chi connectivity index (χ1v) is 14.0. The van der Waals surface area contributed by atoms with Crippen molar-refractivity contribution < 1.29 is 49.3 Å². The molecule has 0 aromatic heterocycles. The van der Waals surface area contributed by atoms with Gasteiger partial charge in [0.15, 0.2) is 11.6 Å². The van der Waals surface area contributed by atoms with Crippen molar-refractivity contribution in [3.63, 3.8) is 0 Å². The maximum atomic E-state index is 15.0. The molecule has 2 saturated carbocycles. The maximum Gasteiger partial charge on any atom is 0.400 e. The third-order valence-corrected chi connectivity index (χ3v) is 8.12. The molecule has 0 atom stereocenters. The Labute approximate surface area is 238 Å². The number of aryl methyl sites for hydroxylation is 1. The molecule has 2 aromatic rings. The molecule has 0 heterocycles. The van der Waals surface area contributed by atoms with Crippen molar-refractivity contribution >= 4 is 11.6 Å². The molecule has 41 heavy (non-hydrogen) atoms. The monoisotopic (exact) mass is 614 g/mol. The van der Waals surface area contributed by atoms with Crippen LogP contribution in [0.15, 0.2) is 36.4 Å². The molecule has 3 nitrogen and oxygen atoms in total. The highest BCUT2D eigenvalue weighted by molar-refractivity contribution is 6.30. The van der Waals surface area contributed by atoms with Crippen LogP contribution in [0.1, 0.15) is 69.4 Å². The van der Waals surface area contributed by atoms with Gasteiger partial charge in [0.25, 0.3) is 0 Å². The highest BCUT2D eigenvalue weighted by atomic mass is 35.5. The predicted octanol–water partition coefficient (Wildman–Crippen LogP) is 9.65. The van der Waals surface area contributed by atoms with Crippen molar-refractivity contribution in [2.75, 3.05) is 0 Å². The number of rotatable bonds is 10. The summed E-state index contributed by atoms with van der Waals surface area (Å²) in [6.07, 6.45) is -12.9. The summed E-state index contributed by atoms with van der Waals surface area (Å²) in [7, 11) is 0. The third kappa shape index (κ3) is 7.84. The fourth-order valence-corrected chi connectivity index (χ4v) is 5.59. The van der Waals surface area contributed by atoms with E-state index in [2.05, 4.69) is 4.74 Å². The van der Waals surface area contributed by atoms with E-state index in [1.807, 2.05) is 6.92 Å². The second kappa shape index (κ2) is 12.6. The molecule has 2 aliphatic carbocycles. The molecular formula is C29H31ClF8O3. The van der Waals surface area contributed by atoms with Gasteiger partial charge in [0, 0.05) is 12.1 Å². The lowest BCUT2D eigenvalue weighted by Crippen LogP contribution is -2.42. The first-order chi connectivity index (χ1) is 19.2. The minimum Gasteiger partial charge on any atom is -0.432 e. The largest absolute Gasteiger partial charge is 0.432 e. The Kier molecular flexibility index (Phi) is 9.80. The predicted molar refractivity (Wildman–Crippen MR) is 135 cm³/mol. The second-order valence-corrected chi connectivity index (χ2v) is 11.1. The number of benzene rings is 2. The van der Waals surface area contributed by atoms with Gasteiger partial charge >= 0.3 is 18.3 Å². The summed E-state index contributed by atoms with van der Waals surface area (Å²) in [6.45, 7) is 1.90. The molecule has 0 N–H and O–H groups in total. The smallest absolute Gasteiger partial charge is 0.400 e. The molecule has 12 heteroatoms. The zero-order valence-corrected chi connectivity index (χ0v) is 23.0. The Morgan fingerprint density at radius 1 is 0.732 bits per heavy atom. The fourth-order valence-electron chi connectivity index (χ4n) is 5.40. The van der Waals surface area contributed by atoms with Crippen LogP contribution in [0.25, 0.3) is 0 Å². The van der Waals surface area contributed by atoms with Crippen LogP contribution in [-0.4, -0.2) is 24.4 Å². The summed E-state index contributed by atoms with van der Waals surface area (Å²) >= 11 is 5.48. The molecule has 4 rings (SSSR count). The van der Waals surface area contributed by atoms with Gasteiger partial charge in [0.1, 0.15) is 5.75 Å². The highest BCUT2D eigenvalue weighted by Gasteiger charge is 2.49. The van der Waals surface area contributed by atoms with E-state index in [9.17, 15) is 35.1 Å². The van der Waals surface area contributed by atoms with E-state index in [1.165, 1.54) is 12.1 Å². The molecule has 2 fully saturated rings. The summed E-state index contributed by atoms with van der Waals surface area (Å²) in [5, 5.41) is -0.717. The average Bonchev–Trinajstić information content (AvgIpc) is 2.91. The Morgan fingerprint density at radius 2 is 1.24 bits per heavy atom. The summed E-state index contributed by atoms with van der Waals surface area (Å²) < 4.78 is 130. The van der Waals surface area contributed by atoms with Gasteiger partial charge in [0.05, 0.1) is 34.6 Å². The molecule has 0 saturated heterocycles. The van der Waals surface area contributed by atoms with Crippen LogP contribution in [0.5, 0.6) is 5.75 Å². The van der Waals surface area contributed by atoms with Crippen molar-refractivity contribution in [3.05, 3.63) is 64.2 Å². The van der Waals surface area contributed by atoms with Crippen molar-refractivity contribution in [1.29, 1.82) is 0 Å². The third-order valence-electron chi connectivity index (χ3n) is 7.85. The lowest BCUT2D eigenvalue weighted by atomic mass is 9.85. The van der Waals surface area contributed by atoms with E-state index in [4.69, 9.17) is 21.1 Å². The van der Waals surface area contributed by atoms with E-state index >= 15 is 0 Å². The van der Waals surface area contributed by atoms with Gasteiger partial charge < -0.3 is 14.2 Å². The molecule has 2 aromatic carbocycles. The molecule has 0 radical (unpaired) electrons. The maximum absolute atomic E-state index is 15.0. The van der Waals surface area contributed by atoms with E-state index in [0.717, 1.165) is 11.6 Å². The average molecular weight is 615 g/mol. The van der Waals surface area contributed by atoms with Gasteiger partial charge in [-0.2, -0.15) is 26.3 Å². The second-order valence-electron chi connectivity index (χ2n) is 10.7. The molecule has 0 bridgehead atoms. The van der Waals surface area contributed by atoms with E-state index in [1.54, 1.807) is 12.1 Å². The minimum absolute atomic E-state index is 0.00342. The minimum atomic E-state index is -3.78. The summed E-state index contributed by atoms with van der Waals surface area (Å²) in [4.78, 5) is 0. The van der Waals surface area contributed by atoms with Crippen molar-refractivity contribution in [3.8, 4) is 5.75 Å². The normalized spacial score (nSPS) is 24.3. The van der Waals surface area contributed by atoms with E-state index in [-0.39, 0.29) is 56.9 Å². The molecule has 2 aliphatic rings. The quantitative estimate of drug-likeness (QED) is 0.197. The topological polar surface area (TPSA) is 27.7 Å². The van der Waals surface area contributed by atoms with Crippen LogP contribution >= 0.6 is 11.6 Å². The Bertz CT molecular complexity index is 1140. The molecule has 0 unspecified atom stereocenters. The Balaban J connectivity index is 1.24. The summed E-state index contributed by atoms with van der Waals surface area (Å²) in [5.74, 6) is -6.08. The number of halogens is 9. The van der Waals surface area contributed by atoms with Crippen LogP contribution in [0.4, 0.5) is 35.1 Å². The zero-order valence-electron chi connectivity index (χ0n) is 22.3. The standard InChI is InChI=1S/C29H31ClF8O3/c1-2-17-3-5-18(6-4-17)27(33,34)39-21-11-7-19(8-12-21)28(35,36)40-22-13-9-20(10-14-22)29(37,38)41-23-15-24(30)26(32)25(31)16-23/h3-6,15-16,19-22H,2,7-14H2,1H3. The van der Waals surface area contributed by atoms with E-state index in [0.29, 0.717) is 12.5 Å². The van der Waals surface area contributed by atoms with Crippen molar-refractivity contribution in [1.82, 2.24) is 0 Å². The van der Waals surface area contributed by atoms with Crippen molar-refractivity contribution in [2.24, 2.45) is 11.8 Å². The van der Waals surface area contributed by atoms with E-state index < -0.39 is 64.8 Å². The first-order valence-electron chi connectivity index (χ1n) is 13.6. The highest BCUT2D eigenvalue weighted by Crippen LogP contribution is 2.45. The number of ether oxygens (including phenoxy) is 3. The number of hydrogen-bond acceptors (Lipinski definition) is 3. The van der Waals surface area contributed by atoms with Crippen molar-refractivity contribution in [2.45, 2.75) is 95.2 Å². The SMILES string of the molecule is CCc1ccc(C(F)(F)OC2CCC(C(F)(F)OC3CCC(C(F)(F)Oc4cc(F)c(F)c(Cl)c4)CC3)CC2)cc1. The number of hydrogen-bond donors (Lipinski definition) is 0. The Hall–Kier alpha value is -2.11. The van der Waals surface area contributed by atoms with Crippen LogP contribution in [0.3, 0.4) is 0 Å². The van der Waals surface area contributed by atoms with Gasteiger partial charge in [-0.05, 0) is 63.4 Å². The van der Waals surface area contributed by atoms with Crippen LogP contribution in [0, 0.1) is 23.5 Å². The fraction of sp³-hybridized carbons (Fsp3) is 0.586. The molecule has 0 aliphatic heterocycles. The molecule has 228 valence electrons. The van der Waals surface area contributed by atoms with Gasteiger partial charge in [-0.15, -0.1) is 0 Å². The molecule has 0 amide bonds. The number of alkyl halides is 6. The van der Waals surface area contributed by atoms with Crippen LogP contribution < -0.4 is 4.74 Å². The van der Waals surface area contributed by atoms with Crippen LogP contribution in [-0.2, 0) is 22.0 Å². The van der Waals surface area contributed by atoms with Gasteiger partial charge in [0.2, 0.25) is 0 Å². The van der Waals surface area contributed by atoms with Gasteiger partial charge in [-0.1, -0.05) is 42.8 Å². The summed E-state index contributed by atoms with van der Waals surface area (Å²) in [5.41, 5.74) is 0.598. The zero-order chi connectivity index (χ0) is 30.0. The molecular weight excluding hydrogens is 584 g/mol. The first kappa shape index (κ1) is 31.8. The lowest BCUT2D eigenvalue weighted by Gasteiger charge is -2.38. The molecule has 0 spiro atoms.